The maximum Gasteiger partial charge on any atom is 0.124 e. The number of hydrogen-bond acceptors (Lipinski definition) is 5. The minimum absolute atomic E-state index is 0.613. The van der Waals surface area contributed by atoms with E-state index in [0.717, 1.165) is 98.0 Å². The van der Waals surface area contributed by atoms with Gasteiger partial charge in [-0.15, -0.1) is 11.3 Å². The summed E-state index contributed by atoms with van der Waals surface area (Å²) in [4.78, 5) is 5.02. The summed E-state index contributed by atoms with van der Waals surface area (Å²) in [5.74, 6) is 0. The number of nitrogens with zero attached hydrogens (tertiary/aromatic N) is 6. The molecular formula is C52H28N6S. The Bertz CT molecular complexity index is 3450. The van der Waals surface area contributed by atoms with Crippen LogP contribution < -0.4 is 0 Å². The third-order valence-corrected chi connectivity index (χ3v) is 12.3. The first-order valence-corrected chi connectivity index (χ1v) is 19.9. The van der Waals surface area contributed by atoms with E-state index in [0.29, 0.717) is 16.7 Å². The van der Waals surface area contributed by atoms with Crippen molar-refractivity contribution in [3.63, 3.8) is 0 Å². The molecule has 0 radical (unpaired) electrons. The number of hydrogen-bond donors (Lipinski definition) is 0. The van der Waals surface area contributed by atoms with Gasteiger partial charge < -0.3 is 9.13 Å². The van der Waals surface area contributed by atoms with Crippen LogP contribution in [-0.4, -0.2) is 14.1 Å². The Kier molecular flexibility index (Phi) is 7.74. The van der Waals surface area contributed by atoms with Crippen molar-refractivity contribution in [2.45, 2.75) is 0 Å². The zero-order valence-electron chi connectivity index (χ0n) is 31.3. The molecule has 11 aromatic rings. The molecule has 0 bridgehead atoms. The lowest BCUT2D eigenvalue weighted by molar-refractivity contribution is 1.18. The average Bonchev–Trinajstić information content (AvgIpc) is 3.98. The van der Waals surface area contributed by atoms with Crippen molar-refractivity contribution in [3.8, 4) is 62.4 Å². The van der Waals surface area contributed by atoms with Crippen molar-refractivity contribution < 1.29 is 0 Å². The van der Waals surface area contributed by atoms with Crippen molar-refractivity contribution in [1.29, 1.82) is 15.8 Å². The summed E-state index contributed by atoms with van der Waals surface area (Å²) in [6.45, 7) is 0. The minimum atomic E-state index is 0.613. The van der Waals surface area contributed by atoms with Crippen LogP contribution in [0, 0.1) is 34.0 Å². The van der Waals surface area contributed by atoms with Crippen LogP contribution in [0.5, 0.6) is 0 Å². The molecule has 0 atom stereocenters. The van der Waals surface area contributed by atoms with Crippen LogP contribution in [0.1, 0.15) is 16.7 Å². The Morgan fingerprint density at radius 2 is 0.831 bits per heavy atom. The zero-order chi connectivity index (χ0) is 39.6. The second-order valence-electron chi connectivity index (χ2n) is 14.6. The molecule has 0 aliphatic carbocycles. The Balaban J connectivity index is 1.04. The Morgan fingerprint density at radius 3 is 1.34 bits per heavy atom. The Hall–Kier alpha value is -8.28. The van der Waals surface area contributed by atoms with Crippen molar-refractivity contribution in [2.24, 2.45) is 0 Å². The maximum atomic E-state index is 9.73. The fourth-order valence-electron chi connectivity index (χ4n) is 8.44. The molecular weight excluding hydrogens is 741 g/mol. The van der Waals surface area contributed by atoms with Crippen LogP contribution in [0.15, 0.2) is 170 Å². The van der Waals surface area contributed by atoms with Gasteiger partial charge in [-0.2, -0.15) is 15.8 Å². The average molecular weight is 769 g/mol. The third kappa shape index (κ3) is 5.56. The maximum absolute atomic E-state index is 9.73. The lowest BCUT2D eigenvalue weighted by Crippen LogP contribution is -1.95. The molecule has 59 heavy (non-hydrogen) atoms. The molecule has 0 fully saturated rings. The van der Waals surface area contributed by atoms with E-state index >= 15 is 0 Å². The van der Waals surface area contributed by atoms with Crippen LogP contribution in [0.2, 0.25) is 0 Å². The van der Waals surface area contributed by atoms with Gasteiger partial charge in [0.2, 0.25) is 0 Å². The fraction of sp³-hybridized carbons (Fsp3) is 0. The van der Waals surface area contributed by atoms with E-state index in [1.807, 2.05) is 66.7 Å². The SMILES string of the molecule is N#Cc1ccc2nc(-c3cc(-c4ccc(-n5c6ccccc6c6ccc(C#N)cc65)cc4)cc(-c4ccc(-n5c6ccccc6c6ccc(C#N)cc65)cc4)c3)sc2c1. The highest BCUT2D eigenvalue weighted by Crippen LogP contribution is 2.39. The van der Waals surface area contributed by atoms with Gasteiger partial charge in [0.1, 0.15) is 5.01 Å². The number of benzene rings is 8. The normalized spacial score (nSPS) is 11.3. The van der Waals surface area contributed by atoms with Gasteiger partial charge >= 0.3 is 0 Å². The summed E-state index contributed by atoms with van der Waals surface area (Å²) in [5, 5.41) is 34.4. The van der Waals surface area contributed by atoms with E-state index in [2.05, 4.69) is 130 Å². The van der Waals surface area contributed by atoms with Crippen LogP contribution in [-0.2, 0) is 0 Å². The van der Waals surface area contributed by atoms with E-state index in [-0.39, 0.29) is 0 Å². The molecule has 0 aliphatic heterocycles. The van der Waals surface area contributed by atoms with E-state index in [9.17, 15) is 15.8 Å². The Labute approximate surface area is 342 Å². The first-order valence-electron chi connectivity index (χ1n) is 19.1. The molecule has 11 rings (SSSR count). The number of aromatic nitrogens is 3. The monoisotopic (exact) mass is 768 g/mol. The van der Waals surface area contributed by atoms with Gasteiger partial charge in [0.15, 0.2) is 0 Å². The predicted octanol–water partition coefficient (Wildman–Crippen LogP) is 13.1. The van der Waals surface area contributed by atoms with Gasteiger partial charge in [-0.3, -0.25) is 0 Å². The molecule has 0 spiro atoms. The van der Waals surface area contributed by atoms with E-state index in [1.54, 1.807) is 11.3 Å². The second-order valence-corrected chi connectivity index (χ2v) is 15.6. The summed E-state index contributed by atoms with van der Waals surface area (Å²) in [7, 11) is 0. The molecule has 7 heteroatoms. The largest absolute Gasteiger partial charge is 0.309 e. The number of rotatable bonds is 5. The summed E-state index contributed by atoms with van der Waals surface area (Å²) in [6, 6.07) is 64.8. The highest BCUT2D eigenvalue weighted by atomic mass is 32.1. The third-order valence-electron chi connectivity index (χ3n) is 11.2. The molecule has 0 amide bonds. The molecule has 0 unspecified atom stereocenters. The Morgan fingerprint density at radius 1 is 0.390 bits per heavy atom. The smallest absolute Gasteiger partial charge is 0.124 e. The van der Waals surface area contributed by atoms with Crippen molar-refractivity contribution in [3.05, 3.63) is 187 Å². The molecule has 0 aliphatic rings. The van der Waals surface area contributed by atoms with E-state index in [4.69, 9.17) is 4.98 Å². The van der Waals surface area contributed by atoms with Crippen molar-refractivity contribution in [1.82, 2.24) is 14.1 Å². The van der Waals surface area contributed by atoms with Crippen LogP contribution in [0.4, 0.5) is 0 Å². The molecule has 0 N–H and O–H groups in total. The lowest BCUT2D eigenvalue weighted by Gasteiger charge is -2.13. The lowest BCUT2D eigenvalue weighted by atomic mass is 9.96. The number of para-hydroxylation sites is 2. The molecule has 3 aromatic heterocycles. The highest BCUT2D eigenvalue weighted by Gasteiger charge is 2.17. The number of fused-ring (bicyclic) bond motifs is 7. The van der Waals surface area contributed by atoms with Crippen LogP contribution in [0.25, 0.3) is 98.0 Å². The van der Waals surface area contributed by atoms with Crippen molar-refractivity contribution in [2.75, 3.05) is 0 Å². The van der Waals surface area contributed by atoms with Crippen LogP contribution >= 0.6 is 11.3 Å². The first kappa shape index (κ1) is 34.0. The minimum Gasteiger partial charge on any atom is -0.309 e. The second kappa shape index (κ2) is 13.4. The van der Waals surface area contributed by atoms with Crippen molar-refractivity contribution >= 4 is 65.2 Å². The first-order chi connectivity index (χ1) is 29.1. The predicted molar refractivity (Wildman–Crippen MR) is 239 cm³/mol. The van der Waals surface area contributed by atoms with Gasteiger partial charge in [-0.25, -0.2) is 4.98 Å². The van der Waals surface area contributed by atoms with Gasteiger partial charge in [-0.1, -0.05) is 72.8 Å². The van der Waals surface area contributed by atoms with E-state index in [1.165, 1.54) is 0 Å². The number of nitriles is 3. The molecule has 3 heterocycles. The molecule has 0 saturated heterocycles. The topological polar surface area (TPSA) is 94.1 Å². The van der Waals surface area contributed by atoms with E-state index < -0.39 is 0 Å². The standard InChI is InChI=1S/C52H28N6S/c53-29-32-9-20-44-42-5-1-3-7-47(42)57(49(44)23-32)40-16-12-35(13-17-40)37-26-38(28-39(27-37)52-56-46-22-11-34(31-55)25-51(46)59-52)36-14-18-41(19-15-36)58-48-8-4-2-6-43(48)45-21-10-33(30-54)24-50(45)58/h1-28H. The molecule has 8 aromatic carbocycles. The van der Waals surface area contributed by atoms with Crippen LogP contribution in [0.3, 0.4) is 0 Å². The molecule has 0 saturated carbocycles. The van der Waals surface area contributed by atoms with Gasteiger partial charge in [0.05, 0.1) is 67.2 Å². The van der Waals surface area contributed by atoms with Gasteiger partial charge in [0.25, 0.3) is 0 Å². The summed E-state index contributed by atoms with van der Waals surface area (Å²) < 4.78 is 5.43. The highest BCUT2D eigenvalue weighted by molar-refractivity contribution is 7.21. The fourth-order valence-corrected chi connectivity index (χ4v) is 9.44. The number of thiazole rings is 1. The summed E-state index contributed by atoms with van der Waals surface area (Å²) in [5.41, 5.74) is 14.1. The summed E-state index contributed by atoms with van der Waals surface area (Å²) in [6.07, 6.45) is 0. The zero-order valence-corrected chi connectivity index (χ0v) is 32.1. The van der Waals surface area contributed by atoms with Gasteiger partial charge in [0, 0.05) is 38.5 Å². The summed E-state index contributed by atoms with van der Waals surface area (Å²) >= 11 is 1.58. The molecule has 6 nitrogen and oxygen atoms in total. The molecule has 272 valence electrons. The quantitative estimate of drug-likeness (QED) is 0.174. The van der Waals surface area contributed by atoms with Gasteiger partial charge in [-0.05, 0) is 119 Å².